The maximum atomic E-state index is 12.5. The maximum absolute atomic E-state index is 12.5. The van der Waals surface area contributed by atoms with Crippen molar-refractivity contribution in [1.82, 2.24) is 9.99 Å². The van der Waals surface area contributed by atoms with Gasteiger partial charge < -0.3 is 4.57 Å². The van der Waals surface area contributed by atoms with Gasteiger partial charge in [-0.3, -0.25) is 4.79 Å². The summed E-state index contributed by atoms with van der Waals surface area (Å²) < 4.78 is 1.89. The first-order valence-electron chi connectivity index (χ1n) is 7.48. The van der Waals surface area contributed by atoms with Crippen molar-refractivity contribution in [3.05, 3.63) is 89.2 Å². The van der Waals surface area contributed by atoms with Crippen molar-refractivity contribution >= 4 is 23.2 Å². The Hall–Kier alpha value is -2.85. The minimum Gasteiger partial charge on any atom is -0.323 e. The second-order valence-corrected chi connectivity index (χ2v) is 5.69. The van der Waals surface area contributed by atoms with Crippen molar-refractivity contribution in [1.29, 1.82) is 0 Å². The van der Waals surface area contributed by atoms with Crippen LogP contribution in [-0.2, 0) is 0 Å². The number of halogens is 1. The summed E-state index contributed by atoms with van der Waals surface area (Å²) in [6, 6.07) is 18.5. The summed E-state index contributed by atoms with van der Waals surface area (Å²) in [5.41, 5.74) is 5.59. The normalized spacial score (nSPS) is 11.3. The number of aromatic nitrogens is 1. The molecule has 0 spiro atoms. The van der Waals surface area contributed by atoms with E-state index in [1.807, 2.05) is 66.3 Å². The number of hydrogen-bond donors (Lipinski definition) is 1. The van der Waals surface area contributed by atoms with Gasteiger partial charge in [-0.1, -0.05) is 35.9 Å². The van der Waals surface area contributed by atoms with E-state index in [-0.39, 0.29) is 5.91 Å². The van der Waals surface area contributed by atoms with E-state index in [1.54, 1.807) is 18.2 Å². The molecule has 1 amide bonds. The minimum atomic E-state index is -0.257. The second kappa shape index (κ2) is 7.15. The Balaban J connectivity index is 1.81. The molecule has 0 atom stereocenters. The molecule has 5 heteroatoms. The van der Waals surface area contributed by atoms with E-state index in [1.165, 1.54) is 0 Å². The van der Waals surface area contributed by atoms with Crippen molar-refractivity contribution in [2.75, 3.05) is 0 Å². The van der Waals surface area contributed by atoms with Crippen molar-refractivity contribution < 1.29 is 4.79 Å². The first-order valence-corrected chi connectivity index (χ1v) is 7.86. The molecule has 0 fully saturated rings. The average Bonchev–Trinajstić information content (AvgIpc) is 3.14. The van der Waals surface area contributed by atoms with Gasteiger partial charge in [0.25, 0.3) is 5.91 Å². The van der Waals surface area contributed by atoms with Gasteiger partial charge in [-0.25, -0.2) is 5.43 Å². The zero-order valence-corrected chi connectivity index (χ0v) is 13.9. The molecule has 24 heavy (non-hydrogen) atoms. The minimum absolute atomic E-state index is 0.257. The molecule has 1 heterocycles. The Labute approximate surface area is 145 Å². The van der Waals surface area contributed by atoms with Crippen molar-refractivity contribution in [3.8, 4) is 5.69 Å². The highest BCUT2D eigenvalue weighted by Crippen LogP contribution is 2.15. The molecular weight excluding hydrogens is 322 g/mol. The molecule has 0 saturated heterocycles. The van der Waals surface area contributed by atoms with Gasteiger partial charge >= 0.3 is 0 Å². The highest BCUT2D eigenvalue weighted by Gasteiger charge is 2.11. The van der Waals surface area contributed by atoms with E-state index >= 15 is 0 Å². The van der Waals surface area contributed by atoms with Crippen molar-refractivity contribution in [3.63, 3.8) is 0 Å². The number of benzene rings is 2. The zero-order chi connectivity index (χ0) is 16.9. The lowest BCUT2D eigenvalue weighted by Gasteiger charge is -2.09. The summed E-state index contributed by atoms with van der Waals surface area (Å²) in [7, 11) is 0. The van der Waals surface area contributed by atoms with Crippen LogP contribution in [0.4, 0.5) is 0 Å². The molecule has 0 unspecified atom stereocenters. The molecule has 0 aliphatic heterocycles. The quantitative estimate of drug-likeness (QED) is 0.560. The summed E-state index contributed by atoms with van der Waals surface area (Å²) in [5, 5.41) is 4.85. The molecule has 3 aromatic rings. The highest BCUT2D eigenvalue weighted by atomic mass is 35.5. The fourth-order valence-corrected chi connectivity index (χ4v) is 2.46. The Morgan fingerprint density at radius 1 is 1.00 bits per heavy atom. The lowest BCUT2D eigenvalue weighted by molar-refractivity contribution is 0.0955. The number of carbonyl (C=O) groups excluding carboxylic acids is 1. The van der Waals surface area contributed by atoms with Crippen LogP contribution in [0.5, 0.6) is 0 Å². The van der Waals surface area contributed by atoms with Gasteiger partial charge in [-0.05, 0) is 48.9 Å². The van der Waals surface area contributed by atoms with Crippen LogP contribution in [-0.4, -0.2) is 16.2 Å². The van der Waals surface area contributed by atoms with Gasteiger partial charge in [-0.2, -0.15) is 5.10 Å². The van der Waals surface area contributed by atoms with Gasteiger partial charge in [0, 0.05) is 17.4 Å². The van der Waals surface area contributed by atoms with Crippen molar-refractivity contribution in [2.24, 2.45) is 5.10 Å². The first kappa shape index (κ1) is 16.0. The van der Waals surface area contributed by atoms with Gasteiger partial charge in [-0.15, -0.1) is 0 Å². The fourth-order valence-electron chi connectivity index (χ4n) is 2.34. The van der Waals surface area contributed by atoms with E-state index in [0.717, 1.165) is 11.3 Å². The topological polar surface area (TPSA) is 46.4 Å². The number of amides is 1. The number of hydrogen-bond acceptors (Lipinski definition) is 2. The Kier molecular flexibility index (Phi) is 4.77. The lowest BCUT2D eigenvalue weighted by Crippen LogP contribution is -2.21. The molecule has 0 aliphatic carbocycles. The molecule has 120 valence electrons. The van der Waals surface area contributed by atoms with E-state index in [0.29, 0.717) is 16.3 Å². The van der Waals surface area contributed by atoms with E-state index in [4.69, 9.17) is 11.6 Å². The summed E-state index contributed by atoms with van der Waals surface area (Å²) in [6.07, 6.45) is 3.79. The Morgan fingerprint density at radius 2 is 1.67 bits per heavy atom. The Morgan fingerprint density at radius 3 is 2.38 bits per heavy atom. The van der Waals surface area contributed by atoms with Crippen LogP contribution in [0, 0.1) is 0 Å². The maximum Gasteiger partial charge on any atom is 0.273 e. The molecule has 4 nitrogen and oxygen atoms in total. The number of nitrogens with one attached hydrogen (secondary N) is 1. The third kappa shape index (κ3) is 3.55. The molecule has 3 rings (SSSR count). The molecule has 1 aromatic heterocycles. The van der Waals surface area contributed by atoms with Crippen LogP contribution < -0.4 is 5.43 Å². The molecule has 0 saturated carbocycles. The van der Waals surface area contributed by atoms with Crippen LogP contribution in [0.2, 0.25) is 5.02 Å². The van der Waals surface area contributed by atoms with Crippen LogP contribution in [0.15, 0.2) is 78.2 Å². The molecule has 0 radical (unpaired) electrons. The predicted octanol–water partition coefficient (Wildman–Crippen LogP) is 4.28. The molecule has 2 aromatic carbocycles. The summed E-state index contributed by atoms with van der Waals surface area (Å²) >= 11 is 5.88. The van der Waals surface area contributed by atoms with Gasteiger partial charge in [0.15, 0.2) is 0 Å². The number of hydrazone groups is 1. The summed E-state index contributed by atoms with van der Waals surface area (Å²) in [6.45, 7) is 1.83. The summed E-state index contributed by atoms with van der Waals surface area (Å²) in [4.78, 5) is 12.5. The number of para-hydroxylation sites is 1. The second-order valence-electron chi connectivity index (χ2n) is 5.25. The van der Waals surface area contributed by atoms with Crippen LogP contribution in [0.3, 0.4) is 0 Å². The van der Waals surface area contributed by atoms with E-state index in [2.05, 4.69) is 10.5 Å². The smallest absolute Gasteiger partial charge is 0.273 e. The average molecular weight is 338 g/mol. The van der Waals surface area contributed by atoms with E-state index < -0.39 is 0 Å². The monoisotopic (exact) mass is 337 g/mol. The van der Waals surface area contributed by atoms with Crippen molar-refractivity contribution in [2.45, 2.75) is 6.92 Å². The van der Waals surface area contributed by atoms with Gasteiger partial charge in [0.2, 0.25) is 0 Å². The molecule has 0 aliphatic rings. The zero-order valence-electron chi connectivity index (χ0n) is 13.1. The van der Waals surface area contributed by atoms with Gasteiger partial charge in [0.05, 0.1) is 17.0 Å². The molecule has 1 N–H and O–H groups in total. The van der Waals surface area contributed by atoms with Crippen LogP contribution >= 0.6 is 11.6 Å². The highest BCUT2D eigenvalue weighted by molar-refractivity contribution is 6.30. The number of carbonyl (C=O) groups is 1. The largest absolute Gasteiger partial charge is 0.323 e. The Bertz CT molecular complexity index is 868. The summed E-state index contributed by atoms with van der Waals surface area (Å²) in [5.74, 6) is -0.257. The van der Waals surface area contributed by atoms with Crippen LogP contribution in [0.25, 0.3) is 5.69 Å². The van der Waals surface area contributed by atoms with E-state index in [9.17, 15) is 4.79 Å². The SMILES string of the molecule is CC(=NNC(=O)c1ccccc1-n1cccc1)c1ccc(Cl)cc1. The third-order valence-electron chi connectivity index (χ3n) is 3.62. The number of nitrogens with zero attached hydrogens (tertiary/aromatic N) is 2. The fraction of sp³-hybridized carbons (Fsp3) is 0.0526. The van der Waals surface area contributed by atoms with Gasteiger partial charge in [0.1, 0.15) is 0 Å². The lowest BCUT2D eigenvalue weighted by atomic mass is 10.1. The van der Waals surface area contributed by atoms with Crippen LogP contribution in [0.1, 0.15) is 22.8 Å². The molecular formula is C19H16ClN3O. The number of rotatable bonds is 4. The first-order chi connectivity index (χ1) is 11.6. The predicted molar refractivity (Wildman–Crippen MR) is 96.9 cm³/mol. The third-order valence-corrected chi connectivity index (χ3v) is 3.87. The standard InChI is InChI=1S/C19H16ClN3O/c1-14(15-8-10-16(20)11-9-15)21-22-19(24)17-6-2-3-7-18(17)23-12-4-5-13-23/h2-13H,1H3,(H,22,24). The molecule has 0 bridgehead atoms.